The minimum Gasteiger partial charge on any atom is -0.744 e. The molecule has 12 nitrogen and oxygen atoms in total. The molecule has 5 rings (SSSR count). The average Bonchev–Trinajstić information content (AvgIpc) is 3.03. The Morgan fingerprint density at radius 3 is 2.00 bits per heavy atom. The van der Waals surface area contributed by atoms with Crippen molar-refractivity contribution in [2.45, 2.75) is 29.4 Å². The van der Waals surface area contributed by atoms with Crippen LogP contribution in [-0.2, 0) is 38.1 Å². The number of rotatable bonds is 12. The molecule has 2 N–H and O–H groups in total. The topological polar surface area (TPSA) is 191 Å². The molecule has 0 aromatic heterocycles. The second-order valence-corrected chi connectivity index (χ2v) is 13.2. The van der Waals surface area contributed by atoms with Gasteiger partial charge >= 0.3 is 65.3 Å². The molecule has 49 heavy (non-hydrogen) atoms. The molecular formula is C33H28N2Na2O10S2. The molecule has 0 spiro atoms. The van der Waals surface area contributed by atoms with Crippen molar-refractivity contribution in [3.05, 3.63) is 114 Å². The maximum atomic E-state index is 12.5. The number of ether oxygens (including phenoxy) is 2. The normalized spacial score (nSPS) is 11.3. The van der Waals surface area contributed by atoms with Crippen molar-refractivity contribution >= 4 is 53.8 Å². The van der Waals surface area contributed by atoms with Gasteiger partial charge in [-0.15, -0.1) is 0 Å². The molecule has 5 aromatic rings. The number of amides is 1. The molecule has 0 heterocycles. The van der Waals surface area contributed by atoms with Crippen LogP contribution in [0.15, 0.2) is 107 Å². The predicted molar refractivity (Wildman–Crippen MR) is 170 cm³/mol. The smallest absolute Gasteiger partial charge is 0.744 e. The maximum Gasteiger partial charge on any atom is 1.00 e. The number of benzene rings is 5. The molecule has 1 amide bonds. The minimum atomic E-state index is -5.02. The fourth-order valence-corrected chi connectivity index (χ4v) is 6.12. The van der Waals surface area contributed by atoms with Crippen molar-refractivity contribution in [1.29, 1.82) is 0 Å². The molecule has 0 radical (unpaired) electrons. The summed E-state index contributed by atoms with van der Waals surface area (Å²) in [4.78, 5) is 23.2. The van der Waals surface area contributed by atoms with Crippen LogP contribution < -0.4 is 74.5 Å². The molecule has 0 atom stereocenters. The molecular weight excluding hydrogens is 694 g/mol. The van der Waals surface area contributed by atoms with Crippen molar-refractivity contribution in [2.24, 2.45) is 0 Å². The van der Waals surface area contributed by atoms with Crippen LogP contribution in [0.4, 0.5) is 4.79 Å². The van der Waals surface area contributed by atoms with E-state index in [-0.39, 0.29) is 90.3 Å². The molecule has 244 valence electrons. The monoisotopic (exact) mass is 722 g/mol. The summed E-state index contributed by atoms with van der Waals surface area (Å²) in [7, 11) is -9.96. The van der Waals surface area contributed by atoms with Crippen molar-refractivity contribution in [3.8, 4) is 5.75 Å². The Bertz CT molecular complexity index is 2180. The quantitative estimate of drug-likeness (QED) is 0.0378. The van der Waals surface area contributed by atoms with E-state index in [0.29, 0.717) is 35.9 Å². The summed E-state index contributed by atoms with van der Waals surface area (Å²) in [5, 5.41) is 9.79. The summed E-state index contributed by atoms with van der Waals surface area (Å²) in [6, 6.07) is 26.5. The van der Waals surface area contributed by atoms with Gasteiger partial charge in [0, 0.05) is 18.7 Å². The summed E-state index contributed by atoms with van der Waals surface area (Å²) in [6.07, 6.45) is -0.418. The van der Waals surface area contributed by atoms with E-state index in [1.807, 2.05) is 36.4 Å². The molecule has 0 saturated carbocycles. The molecule has 0 fully saturated rings. The van der Waals surface area contributed by atoms with E-state index in [4.69, 9.17) is 9.47 Å². The summed E-state index contributed by atoms with van der Waals surface area (Å²) in [6.45, 7) is 0.451. The van der Waals surface area contributed by atoms with Crippen LogP contribution in [0.25, 0.3) is 21.5 Å². The van der Waals surface area contributed by atoms with Crippen LogP contribution in [0.5, 0.6) is 5.75 Å². The van der Waals surface area contributed by atoms with Crippen LogP contribution in [0.2, 0.25) is 0 Å². The molecule has 0 bridgehead atoms. The average molecular weight is 723 g/mol. The standard InChI is InChI=1S/C33H30N2O10S2.2Na/c36-32(35-15-3-14-34-20-27-11-13-30(46(38,39)40)19-31(27)47(41,42)43)23-8-6-22(7-9-23)21-44-33(37)45-29-12-10-26-16-24-4-1-2-5-25(24)17-28(26)18-29;;/h1-2,4-13,16-19,34H,3,14-15,20-21H2,(H,35,36)(H,38,39,40)(H,41,42,43);;/q;2*+1/p-2. The van der Waals surface area contributed by atoms with E-state index in [1.54, 1.807) is 36.4 Å². The van der Waals surface area contributed by atoms with Gasteiger partial charge in [0.25, 0.3) is 5.91 Å². The van der Waals surface area contributed by atoms with Gasteiger partial charge in [-0.2, -0.15) is 0 Å². The Hall–Kier alpha value is -2.86. The Labute approximate surface area is 327 Å². The Kier molecular flexibility index (Phi) is 14.8. The number of hydrogen-bond donors (Lipinski definition) is 2. The first-order valence-corrected chi connectivity index (χ1v) is 17.1. The maximum absolute atomic E-state index is 12.5. The van der Waals surface area contributed by atoms with E-state index in [2.05, 4.69) is 16.7 Å². The molecule has 16 heteroatoms. The van der Waals surface area contributed by atoms with Gasteiger partial charge < -0.3 is 29.2 Å². The fourth-order valence-electron chi connectivity index (χ4n) is 4.81. The molecule has 0 unspecified atom stereocenters. The van der Waals surface area contributed by atoms with E-state index in [0.717, 1.165) is 33.7 Å². The van der Waals surface area contributed by atoms with E-state index < -0.39 is 36.2 Å². The largest absolute Gasteiger partial charge is 1.00 e. The summed E-state index contributed by atoms with van der Waals surface area (Å²) in [5.74, 6) is 0.0161. The van der Waals surface area contributed by atoms with Crippen molar-refractivity contribution in [1.82, 2.24) is 10.6 Å². The Balaban J connectivity index is 0.00000325. The van der Waals surface area contributed by atoms with Crippen molar-refractivity contribution in [3.63, 3.8) is 0 Å². The van der Waals surface area contributed by atoms with Gasteiger partial charge in [0.15, 0.2) is 0 Å². The van der Waals surface area contributed by atoms with Gasteiger partial charge in [-0.05, 0) is 94.2 Å². The van der Waals surface area contributed by atoms with Crippen LogP contribution in [0, 0.1) is 0 Å². The third kappa shape index (κ3) is 11.3. The summed E-state index contributed by atoms with van der Waals surface area (Å²) >= 11 is 0. The second kappa shape index (κ2) is 17.9. The van der Waals surface area contributed by atoms with Gasteiger partial charge in [0.1, 0.15) is 32.6 Å². The number of carbonyl (C=O) groups excluding carboxylic acids is 2. The SMILES string of the molecule is O=C(OCc1ccc(C(=O)NCCCNCc2ccc(S(=O)(=O)[O-])cc2S(=O)(=O)[O-])cc1)Oc1ccc2cc3ccccc3cc2c1.[Na+].[Na+]. The van der Waals surface area contributed by atoms with Gasteiger partial charge in [0.05, 0.1) is 9.79 Å². The van der Waals surface area contributed by atoms with Crippen LogP contribution in [-0.4, -0.2) is 51.1 Å². The van der Waals surface area contributed by atoms with Crippen molar-refractivity contribution in [2.75, 3.05) is 13.1 Å². The molecule has 5 aromatic carbocycles. The third-order valence-corrected chi connectivity index (χ3v) is 8.93. The van der Waals surface area contributed by atoms with Gasteiger partial charge in [-0.3, -0.25) is 4.79 Å². The first-order valence-electron chi connectivity index (χ1n) is 14.3. The van der Waals surface area contributed by atoms with Gasteiger partial charge in [-0.1, -0.05) is 48.5 Å². The predicted octanol–water partition coefficient (Wildman–Crippen LogP) is -1.57. The summed E-state index contributed by atoms with van der Waals surface area (Å²) in [5.41, 5.74) is 1.04. The summed E-state index contributed by atoms with van der Waals surface area (Å²) < 4.78 is 78.7. The van der Waals surface area contributed by atoms with Gasteiger partial charge in [0.2, 0.25) is 0 Å². The zero-order valence-electron chi connectivity index (χ0n) is 26.7. The van der Waals surface area contributed by atoms with E-state index in [1.165, 1.54) is 0 Å². The zero-order chi connectivity index (χ0) is 33.6. The van der Waals surface area contributed by atoms with E-state index in [9.17, 15) is 35.5 Å². The molecule has 0 saturated heterocycles. The zero-order valence-corrected chi connectivity index (χ0v) is 32.3. The van der Waals surface area contributed by atoms with E-state index >= 15 is 0 Å². The van der Waals surface area contributed by atoms with Crippen LogP contribution in [0.3, 0.4) is 0 Å². The number of fused-ring (bicyclic) bond motifs is 2. The first-order chi connectivity index (χ1) is 22.4. The van der Waals surface area contributed by atoms with Crippen LogP contribution in [0.1, 0.15) is 27.9 Å². The van der Waals surface area contributed by atoms with Crippen LogP contribution >= 0.6 is 0 Å². The molecule has 0 aliphatic heterocycles. The second-order valence-electron chi connectivity index (χ2n) is 10.5. The minimum absolute atomic E-state index is 0. The Morgan fingerprint density at radius 1 is 0.694 bits per heavy atom. The third-order valence-electron chi connectivity index (χ3n) is 7.18. The molecule has 0 aliphatic rings. The molecule has 0 aliphatic carbocycles. The number of nitrogens with one attached hydrogen (secondary N) is 2. The Morgan fingerprint density at radius 2 is 1.35 bits per heavy atom. The number of hydrogen-bond acceptors (Lipinski definition) is 11. The fraction of sp³-hybridized carbons (Fsp3) is 0.152. The van der Waals surface area contributed by atoms with Gasteiger partial charge in [-0.25, -0.2) is 21.6 Å². The van der Waals surface area contributed by atoms with Crippen molar-refractivity contribution < 1.29 is 104 Å². The number of carbonyl (C=O) groups is 2. The first kappa shape index (κ1) is 40.6.